The van der Waals surface area contributed by atoms with E-state index in [4.69, 9.17) is 4.74 Å². The molecule has 3 aliphatic heterocycles. The van der Waals surface area contributed by atoms with Crippen LogP contribution >= 0.6 is 10.9 Å². The molecule has 0 saturated carbocycles. The summed E-state index contributed by atoms with van der Waals surface area (Å²) in [6.45, 7) is 2.77. The summed E-state index contributed by atoms with van der Waals surface area (Å²) in [4.78, 5) is 121. The summed E-state index contributed by atoms with van der Waals surface area (Å²) >= 11 is 0. The van der Waals surface area contributed by atoms with Gasteiger partial charge in [0, 0.05) is 77.8 Å². The molecule has 1 aromatic carbocycles. The third-order valence-corrected chi connectivity index (χ3v) is 12.5. The van der Waals surface area contributed by atoms with Gasteiger partial charge >= 0.3 is 17.9 Å². The second-order valence-electron chi connectivity index (χ2n) is 18.1. The number of aliphatic carboxylic acids is 3. The van der Waals surface area contributed by atoms with E-state index in [-0.39, 0.29) is 110 Å². The second kappa shape index (κ2) is 31.0. The molecule has 0 aromatic heterocycles. The molecule has 27 nitrogen and oxygen atoms in total. The van der Waals surface area contributed by atoms with Crippen LogP contribution in [0.4, 0.5) is 0 Å². The molecule has 3 heterocycles. The van der Waals surface area contributed by atoms with E-state index in [0.29, 0.717) is 17.7 Å². The van der Waals surface area contributed by atoms with Crippen molar-refractivity contribution in [1.29, 1.82) is 0 Å². The second-order valence-corrected chi connectivity index (χ2v) is 19.7. The van der Waals surface area contributed by atoms with Gasteiger partial charge in [0.25, 0.3) is 0 Å². The zero-order chi connectivity index (χ0) is 53.4. The minimum atomic E-state index is -4.33. The van der Waals surface area contributed by atoms with Crippen LogP contribution in [0.3, 0.4) is 0 Å². The van der Waals surface area contributed by atoms with Crippen LogP contribution in [0.15, 0.2) is 24.3 Å². The lowest BCUT2D eigenvalue weighted by atomic mass is 9.81. The van der Waals surface area contributed by atoms with Crippen LogP contribution in [0.5, 0.6) is 5.75 Å². The number of hydroxylamine groups is 1. The number of nitrogens with zero attached hydrogens (tertiary/aromatic N) is 4. The Morgan fingerprint density at radius 2 is 1.24 bits per heavy atom. The number of hydrogen-bond acceptors (Lipinski definition) is 18. The maximum Gasteiger partial charge on any atom is 0.317 e. The summed E-state index contributed by atoms with van der Waals surface area (Å²) < 4.78 is 35.3. The van der Waals surface area contributed by atoms with E-state index in [9.17, 15) is 77.3 Å². The number of hydrogen-bond donors (Lipinski definition) is 13. The Bertz CT molecular complexity index is 1950. The highest BCUT2D eigenvalue weighted by molar-refractivity contribution is 8.19. The average molecular weight is 1050 g/mol. The third-order valence-electron chi connectivity index (χ3n) is 11.7. The van der Waals surface area contributed by atoms with Crippen LogP contribution in [0.25, 0.3) is 0 Å². The van der Waals surface area contributed by atoms with E-state index in [1.165, 1.54) is 0 Å². The average Bonchev–Trinajstić information content (AvgIpc) is 3.29. The maximum atomic E-state index is 13.8. The number of nitrogens with one attached hydrogen (secondary N) is 6. The summed E-state index contributed by atoms with van der Waals surface area (Å²) in [7, 11) is -4.33. The number of fused-ring (bicyclic) bond motifs is 11. The number of carboxylic acid groups (broad SMARTS) is 3. The molecule has 1 unspecified atom stereocenters. The molecule has 1 saturated heterocycles. The molecule has 0 radical (unpaired) electrons. The molecule has 4 atom stereocenters. The number of carbonyl (C=O) groups excluding carboxylic acids is 6. The Labute approximate surface area is 418 Å². The van der Waals surface area contributed by atoms with E-state index < -0.39 is 120 Å². The topological polar surface area (TPSA) is 390 Å². The van der Waals surface area contributed by atoms with E-state index >= 15 is 0 Å². The van der Waals surface area contributed by atoms with E-state index in [1.807, 2.05) is 13.8 Å². The Morgan fingerprint density at radius 3 is 1.72 bits per heavy atom. The fourth-order valence-electron chi connectivity index (χ4n) is 8.14. The molecular weight excluding hydrogens is 973 g/mol. The molecule has 6 amide bonds. The van der Waals surface area contributed by atoms with Crippen LogP contribution in [0.2, 0.25) is 0 Å². The lowest BCUT2D eigenvalue weighted by molar-refractivity contribution is -0.142. The van der Waals surface area contributed by atoms with Crippen LogP contribution in [-0.2, 0) is 49.6 Å². The number of carboxylic acids is 3. The SMILES string of the molecule is CC(C)C[C@H]1C(=O)N[C@H](C(=O)NCC(=O)NCCCNC(=O)C(CS(O)(O)O)NC(=O)CN2CCN(CC(=O)O)CCN(CC(=O)O)CCN(CC(=O)O)CC2)Cc2ccc(cc2)OCCC[C@@H]1C(=O)NO. The number of carbonyl (C=O) groups is 9. The number of amides is 6. The van der Waals surface area contributed by atoms with Gasteiger partial charge in [-0.25, -0.2) is 5.48 Å². The Morgan fingerprint density at radius 1 is 0.722 bits per heavy atom. The zero-order valence-corrected chi connectivity index (χ0v) is 41.5. The molecule has 4 rings (SSSR count). The van der Waals surface area contributed by atoms with Gasteiger partial charge < -0.3 is 60.3 Å². The first-order chi connectivity index (χ1) is 34.0. The summed E-state index contributed by atoms with van der Waals surface area (Å²) in [6.07, 6.45) is 1.01. The molecule has 1 aromatic rings. The first kappa shape index (κ1) is 60.6. The van der Waals surface area contributed by atoms with Gasteiger partial charge in [0.1, 0.15) is 17.8 Å². The highest BCUT2D eigenvalue weighted by Crippen LogP contribution is 2.33. The number of ether oxygens (including phenoxy) is 1. The van der Waals surface area contributed by atoms with Crippen molar-refractivity contribution in [3.8, 4) is 5.75 Å². The molecule has 0 aliphatic carbocycles. The molecule has 72 heavy (non-hydrogen) atoms. The van der Waals surface area contributed by atoms with E-state index in [2.05, 4.69) is 26.6 Å². The van der Waals surface area contributed by atoms with Crippen molar-refractivity contribution < 1.29 is 82.1 Å². The molecule has 28 heteroatoms. The first-order valence-corrected chi connectivity index (χ1v) is 25.3. The molecular formula is C44H72N10O17S. The van der Waals surface area contributed by atoms with Crippen LogP contribution in [0.1, 0.15) is 45.1 Å². The van der Waals surface area contributed by atoms with Crippen molar-refractivity contribution in [3.05, 3.63) is 29.8 Å². The highest BCUT2D eigenvalue weighted by Gasteiger charge is 2.36. The minimum Gasteiger partial charge on any atom is -0.494 e. The third kappa shape index (κ3) is 24.1. The van der Waals surface area contributed by atoms with Gasteiger partial charge in [-0.3, -0.25) is 68.0 Å². The van der Waals surface area contributed by atoms with Gasteiger partial charge in [0.05, 0.1) is 61.9 Å². The monoisotopic (exact) mass is 1040 g/mol. The fourth-order valence-corrected chi connectivity index (χ4v) is 8.82. The smallest absolute Gasteiger partial charge is 0.317 e. The van der Waals surface area contributed by atoms with Crippen molar-refractivity contribution in [1.82, 2.24) is 51.7 Å². The largest absolute Gasteiger partial charge is 0.494 e. The van der Waals surface area contributed by atoms with Gasteiger partial charge in [0.15, 0.2) is 0 Å². The van der Waals surface area contributed by atoms with E-state index in [0.717, 1.165) is 0 Å². The van der Waals surface area contributed by atoms with Crippen molar-refractivity contribution >= 4 is 64.2 Å². The van der Waals surface area contributed by atoms with E-state index in [1.54, 1.807) is 49.3 Å². The molecule has 406 valence electrons. The van der Waals surface area contributed by atoms with Gasteiger partial charge in [-0.05, 0) is 49.3 Å². The summed E-state index contributed by atoms with van der Waals surface area (Å²) in [5.41, 5.74) is 2.32. The first-order valence-electron chi connectivity index (χ1n) is 23.6. The lowest BCUT2D eigenvalue weighted by Gasteiger charge is -2.33. The van der Waals surface area contributed by atoms with Gasteiger partial charge in [-0.15, -0.1) is 0 Å². The van der Waals surface area contributed by atoms with Gasteiger partial charge in [0.2, 0.25) is 35.4 Å². The summed E-state index contributed by atoms with van der Waals surface area (Å²) in [5.74, 6) is -10.1. The van der Waals surface area contributed by atoms with Gasteiger partial charge in [-0.2, -0.15) is 0 Å². The molecule has 1 fully saturated rings. The Kier molecular flexibility index (Phi) is 26.1. The van der Waals surface area contributed by atoms with Crippen molar-refractivity contribution in [2.75, 3.05) is 111 Å². The zero-order valence-electron chi connectivity index (χ0n) is 40.7. The van der Waals surface area contributed by atoms with Crippen LogP contribution in [0, 0.1) is 17.8 Å². The standard InChI is InChI=1S/C44H72N10O17S/c1-29(2)21-33-32(42(64)50-67)5-3-20-71-31-8-6-30(7-9-31)22-34(49-41(33)63)43(65)47-23-36(55)45-10-4-11-46-44(66)35(28-72(68,69)70)48-37(56)24-51-12-14-52(25-38(57)58)16-18-54(27-40(61)62)19-17-53(15-13-51)26-39(59)60/h6-9,29,32-35,67-70H,3-5,10-28H2,1-2H3,(H,45,55)(H,46,66)(H,47,65)(H,48,56)(H,49,63)(H,50,64)(H,57,58)(H,59,60)(H,61,62)/t32-,33+,34-,35?/m0/s1. The van der Waals surface area contributed by atoms with Crippen LogP contribution < -0.4 is 36.8 Å². The maximum absolute atomic E-state index is 13.8. The van der Waals surface area contributed by atoms with Crippen molar-refractivity contribution in [2.45, 2.75) is 58.0 Å². The normalized spacial score (nSPS) is 20.2. The molecule has 0 spiro atoms. The molecule has 3 aliphatic rings. The quantitative estimate of drug-likeness (QED) is 0.0327. The van der Waals surface area contributed by atoms with Crippen molar-refractivity contribution in [2.24, 2.45) is 17.8 Å². The minimum absolute atomic E-state index is 0.0220. The predicted octanol–water partition coefficient (Wildman–Crippen LogP) is -2.41. The number of rotatable bonds is 22. The summed E-state index contributed by atoms with van der Waals surface area (Å²) in [6, 6.07) is 4.05. The predicted molar refractivity (Wildman–Crippen MR) is 258 cm³/mol. The highest BCUT2D eigenvalue weighted by atomic mass is 32.3. The fraction of sp³-hybridized carbons (Fsp3) is 0.659. The molecule has 13 N–H and O–H groups in total. The van der Waals surface area contributed by atoms with Gasteiger partial charge in [-0.1, -0.05) is 26.0 Å². The lowest BCUT2D eigenvalue weighted by Crippen LogP contribution is -2.53. The van der Waals surface area contributed by atoms with Crippen LogP contribution in [-0.4, -0.2) is 230 Å². The van der Waals surface area contributed by atoms with Crippen molar-refractivity contribution in [3.63, 3.8) is 0 Å². The Balaban J connectivity index is 1.59. The Hall–Kier alpha value is -5.72. The molecule has 2 bridgehead atoms. The summed E-state index contributed by atoms with van der Waals surface area (Å²) in [5, 5.41) is 50.6. The number of benzene rings is 1.